The summed E-state index contributed by atoms with van der Waals surface area (Å²) in [5.74, 6) is -35.6. The normalized spacial score (nSPS) is 17.7. The maximum absolute atomic E-state index is 14.7. The number of fused-ring (bicyclic) bond motifs is 4. The van der Waals surface area contributed by atoms with Crippen molar-refractivity contribution in [2.75, 3.05) is 6.61 Å². The average molecular weight is 1110 g/mol. The van der Waals surface area contributed by atoms with Crippen LogP contribution in [0.4, 0.5) is 0 Å². The van der Waals surface area contributed by atoms with Gasteiger partial charge < -0.3 is 125 Å². The number of esters is 5. The Balaban J connectivity index is 1.34. The Hall–Kier alpha value is -11.5. The third kappa shape index (κ3) is 9.63. The average Bonchev–Trinajstić information content (AvgIpc) is 3.43. The van der Waals surface area contributed by atoms with Gasteiger partial charge in [0.1, 0.15) is 18.3 Å². The number of phenolic OH excluding ortho intramolecular Hbond substituents is 17. The number of rotatable bonds is 9. The number of carboxylic acid groups (broad SMARTS) is 1. The van der Waals surface area contributed by atoms with Crippen molar-refractivity contribution in [3.8, 4) is 120 Å². The highest BCUT2D eigenvalue weighted by atomic mass is 16.7. The number of carboxylic acids is 1. The van der Waals surface area contributed by atoms with Gasteiger partial charge in [0, 0.05) is 23.3 Å². The number of benzene rings is 6. The first kappa shape index (κ1) is 53.8. The van der Waals surface area contributed by atoms with Crippen LogP contribution in [0.25, 0.3) is 11.1 Å². The Morgan fingerprint density at radius 1 is 0.443 bits per heavy atom. The van der Waals surface area contributed by atoms with Crippen LogP contribution < -0.4 is 4.74 Å². The molecule has 6 aromatic rings. The predicted molar refractivity (Wildman–Crippen MR) is 245 cm³/mol. The molecule has 0 aliphatic carbocycles. The zero-order valence-corrected chi connectivity index (χ0v) is 38.6. The van der Waals surface area contributed by atoms with Gasteiger partial charge in [-0.25, -0.2) is 28.8 Å². The summed E-state index contributed by atoms with van der Waals surface area (Å²) in [5, 5.41) is 188. The van der Waals surface area contributed by atoms with Crippen LogP contribution in [-0.4, -0.2) is 165 Å². The summed E-state index contributed by atoms with van der Waals surface area (Å²) in [4.78, 5) is 83.3. The van der Waals surface area contributed by atoms with E-state index in [1.54, 1.807) is 0 Å². The summed E-state index contributed by atoms with van der Waals surface area (Å²) >= 11 is 0. The first-order valence-corrected chi connectivity index (χ1v) is 21.6. The minimum Gasteiger partial charge on any atom is -0.504 e. The van der Waals surface area contributed by atoms with Crippen LogP contribution in [0, 0.1) is 0 Å². The molecule has 0 unspecified atom stereocenters. The lowest BCUT2D eigenvalue weighted by Crippen LogP contribution is -2.63. The smallest absolute Gasteiger partial charge is 0.340 e. The van der Waals surface area contributed by atoms with Crippen LogP contribution in [0.2, 0.25) is 0 Å². The van der Waals surface area contributed by atoms with E-state index in [2.05, 4.69) is 0 Å². The highest BCUT2D eigenvalue weighted by Crippen LogP contribution is 2.55. The van der Waals surface area contributed by atoms with Crippen molar-refractivity contribution in [3.63, 3.8) is 0 Å². The Kier molecular flexibility index (Phi) is 13.6. The van der Waals surface area contributed by atoms with Crippen molar-refractivity contribution in [1.82, 2.24) is 0 Å². The van der Waals surface area contributed by atoms with Gasteiger partial charge in [0.25, 0.3) is 0 Å². The largest absolute Gasteiger partial charge is 0.504 e. The second kappa shape index (κ2) is 20.0. The maximum Gasteiger partial charge on any atom is 0.340 e. The molecule has 31 heteroatoms. The number of aromatic carboxylic acids is 1. The zero-order chi connectivity index (χ0) is 58.0. The van der Waals surface area contributed by atoms with Crippen LogP contribution in [-0.2, 0) is 28.4 Å². The fraction of sp³-hybridized carbons (Fsp3) is 0.125. The van der Waals surface area contributed by atoms with E-state index in [-0.39, 0.29) is 0 Å². The fourth-order valence-electron chi connectivity index (χ4n) is 7.84. The second-order valence-corrected chi connectivity index (χ2v) is 16.6. The molecule has 8 rings (SSSR count). The van der Waals surface area contributed by atoms with Crippen molar-refractivity contribution in [2.24, 2.45) is 0 Å². The number of hydrogen-bond donors (Lipinski definition) is 18. The van der Waals surface area contributed by atoms with Crippen molar-refractivity contribution in [3.05, 3.63) is 88.0 Å². The molecule has 6 aromatic carbocycles. The topological polar surface area (TPSA) is 531 Å². The number of aromatic hydroxyl groups is 17. The van der Waals surface area contributed by atoms with Gasteiger partial charge in [0.05, 0.1) is 27.8 Å². The SMILES string of the molecule is O=C(O[C@@H]1O[C@@H]2COC(=O)c3cc(Oc4c(C(=O)O)cc(O)c(O)c4O)c(O)c(O)c3-c3c(cc(O)c(O)c3O)C(=O)O[C@H]2[C@H](OC(=O)c2cc(O)c(O)c(O)c2)[C@H]1OC(=O)c1cc(O)c(O)c(O)c1)c1cc(O)c(O)c(O)c1. The number of hydrogen-bond acceptors (Lipinski definition) is 30. The van der Waals surface area contributed by atoms with E-state index in [1.807, 2.05) is 0 Å². The zero-order valence-electron chi connectivity index (χ0n) is 38.6. The molecule has 2 aliphatic rings. The van der Waals surface area contributed by atoms with Crippen molar-refractivity contribution in [2.45, 2.75) is 30.7 Å². The van der Waals surface area contributed by atoms with E-state index in [1.165, 1.54) is 0 Å². The summed E-state index contributed by atoms with van der Waals surface area (Å²) < 4.78 is 39.1. The van der Waals surface area contributed by atoms with Crippen LogP contribution in [0.5, 0.6) is 109 Å². The number of carbonyl (C=O) groups is 6. The number of phenols is 17. The summed E-state index contributed by atoms with van der Waals surface area (Å²) in [6.07, 6.45) is -12.9. The van der Waals surface area contributed by atoms with Gasteiger partial charge in [-0.15, -0.1) is 0 Å². The summed E-state index contributed by atoms with van der Waals surface area (Å²) in [5.41, 5.74) is -8.67. The van der Waals surface area contributed by atoms with E-state index >= 15 is 0 Å². The Morgan fingerprint density at radius 2 is 0.848 bits per heavy atom. The molecule has 79 heavy (non-hydrogen) atoms. The molecule has 2 aliphatic heterocycles. The monoisotopic (exact) mass is 1110 g/mol. The van der Waals surface area contributed by atoms with Gasteiger partial charge in [0.15, 0.2) is 98.5 Å². The molecule has 18 N–H and O–H groups in total. The molecular weight excluding hydrogens is 1070 g/mol. The lowest BCUT2D eigenvalue weighted by atomic mass is 9.91. The van der Waals surface area contributed by atoms with Crippen LogP contribution in [0.15, 0.2) is 54.6 Å². The third-order valence-corrected chi connectivity index (χ3v) is 11.7. The Morgan fingerprint density at radius 3 is 1.33 bits per heavy atom. The highest BCUT2D eigenvalue weighted by Gasteiger charge is 2.55. The molecule has 412 valence electrons. The second-order valence-electron chi connectivity index (χ2n) is 16.6. The summed E-state index contributed by atoms with van der Waals surface area (Å²) in [6, 6.07) is 4.06. The molecule has 0 spiro atoms. The molecule has 0 radical (unpaired) electrons. The number of cyclic esters (lactones) is 1. The quantitative estimate of drug-likeness (QED) is 0.0562. The van der Waals surface area contributed by atoms with Crippen molar-refractivity contribution in [1.29, 1.82) is 0 Å². The first-order valence-electron chi connectivity index (χ1n) is 21.6. The van der Waals surface area contributed by atoms with E-state index in [0.717, 1.165) is 0 Å². The third-order valence-electron chi connectivity index (χ3n) is 11.7. The van der Waals surface area contributed by atoms with E-state index in [0.29, 0.717) is 54.6 Å². The van der Waals surface area contributed by atoms with Crippen molar-refractivity contribution >= 4 is 35.8 Å². The van der Waals surface area contributed by atoms with Gasteiger partial charge in [-0.1, -0.05) is 0 Å². The first-order chi connectivity index (χ1) is 37.1. The number of carbonyl (C=O) groups excluding carboxylic acids is 5. The molecule has 2 heterocycles. The van der Waals surface area contributed by atoms with Gasteiger partial charge in [-0.3, -0.25) is 0 Å². The Labute approximate surface area is 434 Å². The molecule has 5 atom stereocenters. The van der Waals surface area contributed by atoms with E-state index < -0.39 is 227 Å². The highest BCUT2D eigenvalue weighted by molar-refractivity contribution is 6.08. The summed E-state index contributed by atoms with van der Waals surface area (Å²) in [7, 11) is 0. The standard InChI is InChI=1S/C48H34O31/c49-17-1-11(2-18(50)29(17)57)43(68)77-40-39-26(75-48(79-45(70)13-5-21(53)31(59)22(54)6-13)41(40)78-44(69)12-3-19(51)30(58)20(52)4-12)10-73-46(71)15-9-25(74-38-16(42(66)67)8-24(56)33(61)37(38)65)34(62)36(64)28(15)27-14(47(72)76-39)7-23(55)32(60)35(27)63/h1-9,26,39-41,48-65H,10H2,(H,66,67)/t26-,39-,40+,41-,48+/m1/s1. The molecule has 0 aromatic heterocycles. The molecular formula is C48H34O31. The maximum atomic E-state index is 14.7. The van der Waals surface area contributed by atoms with Gasteiger partial charge >= 0.3 is 35.8 Å². The molecule has 0 amide bonds. The van der Waals surface area contributed by atoms with Gasteiger partial charge in [-0.05, 0) is 42.5 Å². The molecule has 1 saturated heterocycles. The van der Waals surface area contributed by atoms with Crippen molar-refractivity contribution < 1.29 is 154 Å². The van der Waals surface area contributed by atoms with Gasteiger partial charge in [-0.2, -0.15) is 0 Å². The van der Waals surface area contributed by atoms with E-state index in [9.17, 15) is 121 Å². The van der Waals surface area contributed by atoms with Crippen LogP contribution >= 0.6 is 0 Å². The van der Waals surface area contributed by atoms with E-state index in [4.69, 9.17) is 33.2 Å². The lowest BCUT2D eigenvalue weighted by Gasteiger charge is -2.43. The molecule has 0 saturated carbocycles. The van der Waals surface area contributed by atoms with Crippen LogP contribution in [0.3, 0.4) is 0 Å². The lowest BCUT2D eigenvalue weighted by molar-refractivity contribution is -0.282. The minimum atomic E-state index is -2.67. The molecule has 1 fully saturated rings. The van der Waals surface area contributed by atoms with Gasteiger partial charge in [0.2, 0.25) is 35.4 Å². The Bertz CT molecular complexity index is 3550. The predicted octanol–water partition coefficient (Wildman–Crippen LogP) is 2.57. The minimum absolute atomic E-state index is 0.313. The fourth-order valence-corrected chi connectivity index (χ4v) is 7.84. The number of ether oxygens (including phenoxy) is 7. The molecule has 0 bridgehead atoms. The van der Waals surface area contributed by atoms with Crippen LogP contribution in [0.1, 0.15) is 62.1 Å². The summed E-state index contributed by atoms with van der Waals surface area (Å²) in [6.45, 7) is -1.42. The molecule has 31 nitrogen and oxygen atoms in total.